The summed E-state index contributed by atoms with van der Waals surface area (Å²) in [5.41, 5.74) is 8.37. The van der Waals surface area contributed by atoms with Gasteiger partial charge in [-0.2, -0.15) is 0 Å². The molecule has 0 radical (unpaired) electrons. The van der Waals surface area contributed by atoms with E-state index in [9.17, 15) is 0 Å². The van der Waals surface area contributed by atoms with Crippen LogP contribution < -0.4 is 5.48 Å². The summed E-state index contributed by atoms with van der Waals surface area (Å²) in [6.07, 6.45) is 7.35. The van der Waals surface area contributed by atoms with Crippen LogP contribution in [0.5, 0.6) is 0 Å². The van der Waals surface area contributed by atoms with Gasteiger partial charge in [-0.3, -0.25) is 10.7 Å². The molecule has 2 aliphatic rings. The van der Waals surface area contributed by atoms with Crippen LogP contribution in [0, 0.1) is 5.41 Å². The maximum absolute atomic E-state index is 8.99. The molecule has 0 unspecified atom stereocenters. The number of rotatable bonds is 1. The first-order valence-corrected chi connectivity index (χ1v) is 6.34. The molecule has 2 N–H and O–H groups in total. The Hall–Kier alpha value is -0.760. The smallest absolute Gasteiger partial charge is 0.0340 e. The third kappa shape index (κ3) is 2.03. The van der Waals surface area contributed by atoms with Crippen molar-refractivity contribution in [3.63, 3.8) is 0 Å². The highest BCUT2D eigenvalue weighted by atomic mass is 16.5. The van der Waals surface area contributed by atoms with E-state index in [1.54, 1.807) is 11.1 Å². The van der Waals surface area contributed by atoms with E-state index in [2.05, 4.69) is 19.3 Å². The van der Waals surface area contributed by atoms with Crippen molar-refractivity contribution in [3.8, 4) is 0 Å². The van der Waals surface area contributed by atoms with E-state index in [0.29, 0.717) is 5.41 Å². The third-order valence-electron chi connectivity index (χ3n) is 4.34. The van der Waals surface area contributed by atoms with Crippen LogP contribution in [-0.2, 0) is 0 Å². The van der Waals surface area contributed by atoms with Crippen molar-refractivity contribution in [1.29, 1.82) is 0 Å². The lowest BCUT2D eigenvalue weighted by atomic mass is 9.67. The lowest BCUT2D eigenvalue weighted by Gasteiger charge is -2.39. The minimum atomic E-state index is 0.370. The van der Waals surface area contributed by atoms with Gasteiger partial charge in [0.25, 0.3) is 0 Å². The van der Waals surface area contributed by atoms with Crippen LogP contribution in [0.1, 0.15) is 59.3 Å². The SMILES string of the molecule is C/C(NO)=C1\CCC2=C(C1)C(C)(C)CCC2. The Morgan fingerprint density at radius 2 is 2.00 bits per heavy atom. The van der Waals surface area contributed by atoms with Crippen molar-refractivity contribution in [2.45, 2.75) is 59.3 Å². The highest BCUT2D eigenvalue weighted by Crippen LogP contribution is 2.47. The zero-order chi connectivity index (χ0) is 11.8. The number of allylic oxidation sites excluding steroid dienone is 4. The summed E-state index contributed by atoms with van der Waals surface area (Å²) in [6, 6.07) is 0. The van der Waals surface area contributed by atoms with Gasteiger partial charge >= 0.3 is 0 Å². The van der Waals surface area contributed by atoms with E-state index < -0.39 is 0 Å². The van der Waals surface area contributed by atoms with Crippen molar-refractivity contribution in [2.24, 2.45) is 5.41 Å². The van der Waals surface area contributed by atoms with Gasteiger partial charge in [-0.15, -0.1) is 0 Å². The first-order chi connectivity index (χ1) is 7.54. The molecule has 0 aromatic rings. The number of hydroxylamine groups is 1. The number of hydrogen-bond acceptors (Lipinski definition) is 2. The number of hydrogen-bond donors (Lipinski definition) is 2. The Kier molecular flexibility index (Phi) is 3.11. The van der Waals surface area contributed by atoms with E-state index in [-0.39, 0.29) is 0 Å². The highest BCUT2D eigenvalue weighted by Gasteiger charge is 2.32. The molecule has 0 fully saturated rings. The van der Waals surface area contributed by atoms with Gasteiger partial charge in [0, 0.05) is 5.70 Å². The molecule has 2 aliphatic carbocycles. The van der Waals surface area contributed by atoms with Crippen molar-refractivity contribution < 1.29 is 5.21 Å². The molecule has 16 heavy (non-hydrogen) atoms. The van der Waals surface area contributed by atoms with Crippen LogP contribution >= 0.6 is 0 Å². The van der Waals surface area contributed by atoms with Gasteiger partial charge in [-0.25, -0.2) is 0 Å². The average Bonchev–Trinajstić information content (AvgIpc) is 2.27. The van der Waals surface area contributed by atoms with Gasteiger partial charge in [-0.1, -0.05) is 25.0 Å². The van der Waals surface area contributed by atoms with Gasteiger partial charge in [0.15, 0.2) is 0 Å². The van der Waals surface area contributed by atoms with Crippen LogP contribution in [0.25, 0.3) is 0 Å². The summed E-state index contributed by atoms with van der Waals surface area (Å²) in [4.78, 5) is 0. The minimum absolute atomic E-state index is 0.370. The summed E-state index contributed by atoms with van der Waals surface area (Å²) in [5.74, 6) is 0. The summed E-state index contributed by atoms with van der Waals surface area (Å²) in [6.45, 7) is 6.70. The van der Waals surface area contributed by atoms with Gasteiger partial charge in [-0.05, 0) is 56.4 Å². The zero-order valence-corrected chi connectivity index (χ0v) is 10.7. The Morgan fingerprint density at radius 3 is 2.69 bits per heavy atom. The Morgan fingerprint density at radius 1 is 1.25 bits per heavy atom. The molecule has 0 saturated carbocycles. The molecule has 0 saturated heterocycles. The van der Waals surface area contributed by atoms with E-state index in [1.165, 1.54) is 31.3 Å². The molecule has 90 valence electrons. The van der Waals surface area contributed by atoms with E-state index in [4.69, 9.17) is 5.21 Å². The topological polar surface area (TPSA) is 32.3 Å². The van der Waals surface area contributed by atoms with E-state index in [0.717, 1.165) is 18.5 Å². The maximum atomic E-state index is 8.99. The van der Waals surface area contributed by atoms with Gasteiger partial charge in [0.2, 0.25) is 0 Å². The monoisotopic (exact) mass is 221 g/mol. The first-order valence-electron chi connectivity index (χ1n) is 6.34. The zero-order valence-electron chi connectivity index (χ0n) is 10.7. The minimum Gasteiger partial charge on any atom is -0.291 e. The van der Waals surface area contributed by atoms with Crippen LogP contribution in [0.15, 0.2) is 22.4 Å². The molecule has 0 spiro atoms. The fourth-order valence-electron chi connectivity index (χ4n) is 3.17. The molecule has 0 bridgehead atoms. The summed E-state index contributed by atoms with van der Waals surface area (Å²) >= 11 is 0. The van der Waals surface area contributed by atoms with Crippen LogP contribution in [-0.4, -0.2) is 5.21 Å². The fraction of sp³-hybridized carbons (Fsp3) is 0.714. The molecule has 0 atom stereocenters. The summed E-state index contributed by atoms with van der Waals surface area (Å²) < 4.78 is 0. The van der Waals surface area contributed by atoms with E-state index in [1.807, 2.05) is 6.92 Å². The van der Waals surface area contributed by atoms with Crippen molar-refractivity contribution >= 4 is 0 Å². The summed E-state index contributed by atoms with van der Waals surface area (Å²) in [5, 5.41) is 8.99. The molecule has 0 heterocycles. The van der Waals surface area contributed by atoms with Crippen LogP contribution in [0.4, 0.5) is 0 Å². The maximum Gasteiger partial charge on any atom is 0.0340 e. The van der Waals surface area contributed by atoms with E-state index >= 15 is 0 Å². The molecule has 0 aromatic heterocycles. The Bertz CT molecular complexity index is 350. The molecule has 2 heteroatoms. The predicted molar refractivity (Wildman–Crippen MR) is 66.1 cm³/mol. The standard InChI is InChI=1S/C14H23NO/c1-10(15-16)12-7-6-11-5-4-8-14(2,3)13(11)9-12/h15-16H,4-9H2,1-3H3/b12-10-. The highest BCUT2D eigenvalue weighted by molar-refractivity contribution is 5.34. The second-order valence-corrected chi connectivity index (χ2v) is 5.84. The Labute approximate surface area is 98.4 Å². The van der Waals surface area contributed by atoms with Crippen LogP contribution in [0.3, 0.4) is 0 Å². The van der Waals surface area contributed by atoms with Gasteiger partial charge in [0.05, 0.1) is 0 Å². The average molecular weight is 221 g/mol. The summed E-state index contributed by atoms with van der Waals surface area (Å²) in [7, 11) is 0. The first kappa shape index (κ1) is 11.7. The Balaban J connectivity index is 2.30. The third-order valence-corrected chi connectivity index (χ3v) is 4.34. The van der Waals surface area contributed by atoms with Gasteiger partial charge < -0.3 is 0 Å². The predicted octanol–water partition coefficient (Wildman–Crippen LogP) is 3.93. The normalized spacial score (nSPS) is 27.5. The largest absolute Gasteiger partial charge is 0.291 e. The fourth-order valence-corrected chi connectivity index (χ4v) is 3.17. The quantitative estimate of drug-likeness (QED) is 0.519. The molecule has 0 amide bonds. The molecule has 2 rings (SSSR count). The van der Waals surface area contributed by atoms with Crippen LogP contribution in [0.2, 0.25) is 0 Å². The lowest BCUT2D eigenvalue weighted by Crippen LogP contribution is -2.24. The van der Waals surface area contributed by atoms with Crippen molar-refractivity contribution in [1.82, 2.24) is 5.48 Å². The molecule has 0 aliphatic heterocycles. The second kappa shape index (κ2) is 4.25. The number of nitrogens with one attached hydrogen (secondary N) is 1. The lowest BCUT2D eigenvalue weighted by molar-refractivity contribution is 0.198. The molecular formula is C14H23NO. The van der Waals surface area contributed by atoms with Gasteiger partial charge in [0.1, 0.15) is 0 Å². The molecule has 0 aromatic carbocycles. The van der Waals surface area contributed by atoms with Crippen molar-refractivity contribution in [2.75, 3.05) is 0 Å². The second-order valence-electron chi connectivity index (χ2n) is 5.84. The molecular weight excluding hydrogens is 198 g/mol. The van der Waals surface area contributed by atoms with Crippen molar-refractivity contribution in [3.05, 3.63) is 22.4 Å². The molecule has 2 nitrogen and oxygen atoms in total.